The summed E-state index contributed by atoms with van der Waals surface area (Å²) < 4.78 is 0. The van der Waals surface area contributed by atoms with Crippen LogP contribution in [0.3, 0.4) is 0 Å². The van der Waals surface area contributed by atoms with E-state index in [0.29, 0.717) is 10.0 Å². The first-order valence-electron chi connectivity index (χ1n) is 3.16. The quantitative estimate of drug-likeness (QED) is 0.709. The minimum atomic E-state index is 0.710. The van der Waals surface area contributed by atoms with Gasteiger partial charge in [-0.15, -0.1) is 0 Å². The summed E-state index contributed by atoms with van der Waals surface area (Å²) in [6, 6.07) is 5.61. The van der Waals surface area contributed by atoms with Gasteiger partial charge in [0.15, 0.2) is 0 Å². The normalized spacial score (nSPS) is 10.1. The van der Waals surface area contributed by atoms with Crippen LogP contribution in [0.25, 0.3) is 0 Å². The van der Waals surface area contributed by atoms with E-state index in [0.717, 1.165) is 5.75 Å². The average molecular weight is 207 g/mol. The highest BCUT2D eigenvalue weighted by Gasteiger charge is 1.96. The maximum atomic E-state index is 5.79. The number of rotatable bonds is 2. The summed E-state index contributed by atoms with van der Waals surface area (Å²) in [6.45, 7) is 0. The second-order valence-electron chi connectivity index (χ2n) is 2.21. The largest absolute Gasteiger partial charge is 0.161 e. The Balaban J connectivity index is 2.89. The van der Waals surface area contributed by atoms with Crippen LogP contribution >= 0.6 is 35.0 Å². The van der Waals surface area contributed by atoms with Gasteiger partial charge in [0, 0.05) is 15.8 Å². The van der Waals surface area contributed by atoms with E-state index in [1.165, 1.54) is 5.56 Å². The van der Waals surface area contributed by atoms with Gasteiger partial charge in [0.05, 0.1) is 0 Å². The Bertz CT molecular complexity index is 228. The smallest absolute Gasteiger partial charge is 0.0423 e. The molecule has 60 valence electrons. The van der Waals surface area contributed by atoms with Gasteiger partial charge in [0.25, 0.3) is 0 Å². The second kappa shape index (κ2) is 4.24. The van der Waals surface area contributed by atoms with E-state index in [-0.39, 0.29) is 0 Å². The van der Waals surface area contributed by atoms with Gasteiger partial charge < -0.3 is 0 Å². The van der Waals surface area contributed by atoms with Crippen molar-refractivity contribution < 1.29 is 0 Å². The fourth-order valence-electron chi connectivity index (χ4n) is 0.861. The summed E-state index contributed by atoms with van der Waals surface area (Å²) in [5.41, 5.74) is 1.18. The Labute approximate surface area is 80.9 Å². The maximum absolute atomic E-state index is 5.79. The van der Waals surface area contributed by atoms with Crippen molar-refractivity contribution in [1.29, 1.82) is 0 Å². The third-order valence-corrected chi connectivity index (χ3v) is 2.29. The monoisotopic (exact) mass is 206 g/mol. The molecule has 0 saturated carbocycles. The molecule has 0 unspecified atom stereocenters. The molecule has 0 atom stereocenters. The summed E-state index contributed by atoms with van der Waals surface area (Å²) in [4.78, 5) is 0. The highest BCUT2D eigenvalue weighted by molar-refractivity contribution is 7.97. The van der Waals surface area contributed by atoms with Crippen molar-refractivity contribution in [2.75, 3.05) is 6.26 Å². The van der Waals surface area contributed by atoms with Crippen LogP contribution in [0.2, 0.25) is 10.0 Å². The van der Waals surface area contributed by atoms with Gasteiger partial charge in [-0.05, 0) is 30.0 Å². The van der Waals surface area contributed by atoms with Crippen LogP contribution in [0.1, 0.15) is 5.56 Å². The highest BCUT2D eigenvalue weighted by Crippen LogP contribution is 2.21. The zero-order valence-electron chi connectivity index (χ0n) is 6.10. The molecule has 3 heteroatoms. The van der Waals surface area contributed by atoms with E-state index in [4.69, 9.17) is 23.2 Å². The standard InChI is InChI=1S/C8H8Cl2S/c1-11-5-6-2-7(9)4-8(10)3-6/h2-4H,5H2,1H3. The van der Waals surface area contributed by atoms with Gasteiger partial charge in [-0.2, -0.15) is 11.8 Å². The van der Waals surface area contributed by atoms with Crippen molar-refractivity contribution >= 4 is 35.0 Å². The molecule has 0 bridgehead atoms. The molecule has 0 heterocycles. The van der Waals surface area contributed by atoms with E-state index in [9.17, 15) is 0 Å². The van der Waals surface area contributed by atoms with Crippen molar-refractivity contribution in [2.45, 2.75) is 5.75 Å². The van der Waals surface area contributed by atoms with Gasteiger partial charge in [0.1, 0.15) is 0 Å². The Morgan fingerprint density at radius 1 is 1.18 bits per heavy atom. The predicted molar refractivity (Wildman–Crippen MR) is 53.7 cm³/mol. The number of hydrogen-bond acceptors (Lipinski definition) is 1. The number of thioether (sulfide) groups is 1. The SMILES string of the molecule is CSCc1cc(Cl)cc(Cl)c1. The third kappa shape index (κ3) is 2.94. The van der Waals surface area contributed by atoms with E-state index < -0.39 is 0 Å². The molecule has 0 aromatic heterocycles. The molecular weight excluding hydrogens is 199 g/mol. The van der Waals surface area contributed by atoms with Crippen LogP contribution in [-0.2, 0) is 5.75 Å². The molecule has 0 aliphatic carbocycles. The molecule has 1 rings (SSSR count). The minimum absolute atomic E-state index is 0.710. The summed E-state index contributed by atoms with van der Waals surface area (Å²) in [5.74, 6) is 0.959. The zero-order chi connectivity index (χ0) is 8.27. The van der Waals surface area contributed by atoms with Crippen molar-refractivity contribution in [1.82, 2.24) is 0 Å². The van der Waals surface area contributed by atoms with E-state index in [1.807, 2.05) is 12.1 Å². The van der Waals surface area contributed by atoms with Crippen molar-refractivity contribution in [2.24, 2.45) is 0 Å². The molecule has 0 spiro atoms. The van der Waals surface area contributed by atoms with Crippen LogP contribution in [0, 0.1) is 0 Å². The topological polar surface area (TPSA) is 0 Å². The molecular formula is C8H8Cl2S. The van der Waals surface area contributed by atoms with Crippen LogP contribution in [0.5, 0.6) is 0 Å². The third-order valence-electron chi connectivity index (χ3n) is 1.23. The van der Waals surface area contributed by atoms with E-state index in [1.54, 1.807) is 17.8 Å². The first kappa shape index (κ1) is 9.24. The molecule has 11 heavy (non-hydrogen) atoms. The minimum Gasteiger partial charge on any atom is -0.161 e. The molecule has 0 aliphatic rings. The lowest BCUT2D eigenvalue weighted by molar-refractivity contribution is 1.42. The fourth-order valence-corrected chi connectivity index (χ4v) is 1.93. The highest BCUT2D eigenvalue weighted by atomic mass is 35.5. The molecule has 0 radical (unpaired) electrons. The molecule has 0 fully saturated rings. The second-order valence-corrected chi connectivity index (χ2v) is 3.95. The maximum Gasteiger partial charge on any atom is 0.0423 e. The Hall–Kier alpha value is 0.150. The zero-order valence-corrected chi connectivity index (χ0v) is 8.43. The first-order chi connectivity index (χ1) is 5.22. The molecule has 0 N–H and O–H groups in total. The average Bonchev–Trinajstić information content (AvgIpc) is 1.85. The van der Waals surface area contributed by atoms with E-state index >= 15 is 0 Å². The van der Waals surface area contributed by atoms with Gasteiger partial charge in [0.2, 0.25) is 0 Å². The van der Waals surface area contributed by atoms with E-state index in [2.05, 4.69) is 6.26 Å². The van der Waals surface area contributed by atoms with Crippen LogP contribution in [-0.4, -0.2) is 6.26 Å². The molecule has 1 aromatic rings. The fraction of sp³-hybridized carbons (Fsp3) is 0.250. The Kier molecular flexibility index (Phi) is 3.57. The van der Waals surface area contributed by atoms with Gasteiger partial charge in [-0.1, -0.05) is 23.2 Å². The summed E-state index contributed by atoms with van der Waals surface area (Å²) >= 11 is 13.3. The van der Waals surface area contributed by atoms with Crippen LogP contribution in [0.4, 0.5) is 0 Å². The predicted octanol–water partition coefficient (Wildman–Crippen LogP) is 3.86. The van der Waals surface area contributed by atoms with Gasteiger partial charge >= 0.3 is 0 Å². The first-order valence-corrected chi connectivity index (χ1v) is 5.31. The Morgan fingerprint density at radius 3 is 2.18 bits per heavy atom. The van der Waals surface area contributed by atoms with Crippen molar-refractivity contribution in [3.8, 4) is 0 Å². The Morgan fingerprint density at radius 2 is 1.73 bits per heavy atom. The lowest BCUT2D eigenvalue weighted by atomic mass is 10.2. The number of benzene rings is 1. The lowest BCUT2D eigenvalue weighted by Gasteiger charge is -1.99. The summed E-state index contributed by atoms with van der Waals surface area (Å²) in [6.07, 6.45) is 2.05. The molecule has 1 aromatic carbocycles. The van der Waals surface area contributed by atoms with Gasteiger partial charge in [-0.25, -0.2) is 0 Å². The number of halogens is 2. The van der Waals surface area contributed by atoms with Crippen molar-refractivity contribution in [3.63, 3.8) is 0 Å². The summed E-state index contributed by atoms with van der Waals surface area (Å²) in [7, 11) is 0. The lowest BCUT2D eigenvalue weighted by Crippen LogP contribution is -1.79. The number of hydrogen-bond donors (Lipinski definition) is 0. The van der Waals surface area contributed by atoms with Gasteiger partial charge in [-0.3, -0.25) is 0 Å². The molecule has 0 aliphatic heterocycles. The molecule has 0 nitrogen and oxygen atoms in total. The molecule has 0 saturated heterocycles. The van der Waals surface area contributed by atoms with Crippen molar-refractivity contribution in [3.05, 3.63) is 33.8 Å². The van der Waals surface area contributed by atoms with Crippen LogP contribution in [0.15, 0.2) is 18.2 Å². The van der Waals surface area contributed by atoms with Crippen LogP contribution < -0.4 is 0 Å². The summed E-state index contributed by atoms with van der Waals surface area (Å²) in [5, 5.41) is 1.42. The molecule has 0 amide bonds.